The Morgan fingerprint density at radius 1 is 1.09 bits per heavy atom. The van der Waals surface area contributed by atoms with Crippen molar-refractivity contribution in [1.29, 1.82) is 0 Å². The van der Waals surface area contributed by atoms with Crippen molar-refractivity contribution in [2.24, 2.45) is 0 Å². The number of aryl methyl sites for hydroxylation is 1. The molecule has 8 heteroatoms. The van der Waals surface area contributed by atoms with E-state index in [-0.39, 0.29) is 18.3 Å². The third kappa shape index (κ3) is 5.06. The highest BCUT2D eigenvalue weighted by Gasteiger charge is 2.31. The molecule has 3 aromatic rings. The molecular formula is C26H30N4O4. The number of aromatic nitrogens is 2. The lowest BCUT2D eigenvalue weighted by molar-refractivity contribution is 0.0516. The molecule has 1 aromatic heterocycles. The summed E-state index contributed by atoms with van der Waals surface area (Å²) in [4.78, 5) is 27.2. The van der Waals surface area contributed by atoms with Gasteiger partial charge in [0.1, 0.15) is 5.75 Å². The standard InChI is InChI=1S/C26H30N4O4/c1-4-34-25(31)24-22-17-29(26(32)27-15-13-19-7-11-21(33-3)12-8-19)16-14-23(22)30(28-24)20-9-5-18(2)6-10-20/h5-12H,4,13-17H2,1-3H3,(H,27,32). The average Bonchev–Trinajstić information content (AvgIpc) is 3.24. The molecule has 178 valence electrons. The van der Waals surface area contributed by atoms with Crippen LogP contribution in [-0.4, -0.2) is 53.5 Å². The van der Waals surface area contributed by atoms with Crippen LogP contribution in [-0.2, 0) is 24.1 Å². The zero-order valence-electron chi connectivity index (χ0n) is 19.8. The minimum absolute atomic E-state index is 0.156. The Hall–Kier alpha value is -3.81. The highest BCUT2D eigenvalue weighted by atomic mass is 16.5. The van der Waals surface area contributed by atoms with E-state index in [2.05, 4.69) is 10.4 Å². The topological polar surface area (TPSA) is 85.7 Å². The zero-order chi connectivity index (χ0) is 24.1. The van der Waals surface area contributed by atoms with Crippen molar-refractivity contribution in [3.8, 4) is 11.4 Å². The second-order valence-corrected chi connectivity index (χ2v) is 8.24. The summed E-state index contributed by atoms with van der Waals surface area (Å²) in [5.74, 6) is 0.340. The number of hydrogen-bond acceptors (Lipinski definition) is 5. The van der Waals surface area contributed by atoms with Crippen molar-refractivity contribution in [3.05, 3.63) is 76.6 Å². The van der Waals surface area contributed by atoms with Crippen LogP contribution >= 0.6 is 0 Å². The molecule has 2 amide bonds. The Morgan fingerprint density at radius 3 is 2.50 bits per heavy atom. The number of carbonyl (C=O) groups excluding carboxylic acids is 2. The maximum absolute atomic E-state index is 12.9. The van der Waals surface area contributed by atoms with Crippen molar-refractivity contribution in [2.45, 2.75) is 33.2 Å². The highest BCUT2D eigenvalue weighted by molar-refractivity contribution is 5.89. The van der Waals surface area contributed by atoms with E-state index >= 15 is 0 Å². The van der Waals surface area contributed by atoms with Gasteiger partial charge in [0, 0.05) is 25.1 Å². The van der Waals surface area contributed by atoms with Gasteiger partial charge < -0.3 is 19.7 Å². The molecule has 0 aliphatic carbocycles. The Kier molecular flexibility index (Phi) is 7.15. The Labute approximate surface area is 199 Å². The van der Waals surface area contributed by atoms with Crippen LogP contribution in [0.15, 0.2) is 48.5 Å². The number of amides is 2. The summed E-state index contributed by atoms with van der Waals surface area (Å²) in [6, 6.07) is 15.6. The lowest BCUT2D eigenvalue weighted by Crippen LogP contribution is -2.43. The van der Waals surface area contributed by atoms with Crippen molar-refractivity contribution in [2.75, 3.05) is 26.8 Å². The molecule has 0 saturated carbocycles. The third-order valence-corrected chi connectivity index (χ3v) is 5.94. The number of rotatable bonds is 7. The molecule has 1 aliphatic rings. The first-order valence-electron chi connectivity index (χ1n) is 11.5. The van der Waals surface area contributed by atoms with Crippen LogP contribution in [0.1, 0.15) is 39.8 Å². The first-order valence-corrected chi connectivity index (χ1v) is 11.5. The van der Waals surface area contributed by atoms with Crippen LogP contribution in [0.4, 0.5) is 4.79 Å². The van der Waals surface area contributed by atoms with Crippen molar-refractivity contribution < 1.29 is 19.1 Å². The molecule has 2 heterocycles. The van der Waals surface area contributed by atoms with Gasteiger partial charge in [-0.15, -0.1) is 0 Å². The molecule has 4 rings (SSSR count). The quantitative estimate of drug-likeness (QED) is 0.542. The smallest absolute Gasteiger partial charge is 0.359 e. The number of nitrogens with zero attached hydrogens (tertiary/aromatic N) is 3. The second-order valence-electron chi connectivity index (χ2n) is 8.24. The van der Waals surface area contributed by atoms with E-state index in [1.54, 1.807) is 23.6 Å². The Balaban J connectivity index is 1.47. The molecule has 0 spiro atoms. The molecule has 1 aliphatic heterocycles. The highest BCUT2D eigenvalue weighted by Crippen LogP contribution is 2.26. The molecule has 0 saturated heterocycles. The van der Waals surface area contributed by atoms with Gasteiger partial charge in [0.15, 0.2) is 5.69 Å². The number of fused-ring (bicyclic) bond motifs is 1. The van der Waals surface area contributed by atoms with Crippen molar-refractivity contribution in [1.82, 2.24) is 20.0 Å². The largest absolute Gasteiger partial charge is 0.497 e. The average molecular weight is 463 g/mol. The summed E-state index contributed by atoms with van der Waals surface area (Å²) in [5.41, 5.74) is 5.10. The minimum atomic E-state index is -0.466. The fourth-order valence-corrected chi connectivity index (χ4v) is 4.07. The van der Waals surface area contributed by atoms with Crippen molar-refractivity contribution >= 4 is 12.0 Å². The monoisotopic (exact) mass is 462 g/mol. The fraction of sp³-hybridized carbons (Fsp3) is 0.346. The SMILES string of the molecule is CCOC(=O)c1nn(-c2ccc(C)cc2)c2c1CN(C(=O)NCCc1ccc(OC)cc1)CC2. The first kappa shape index (κ1) is 23.4. The van der Waals surface area contributed by atoms with Crippen LogP contribution in [0.2, 0.25) is 0 Å². The molecular weight excluding hydrogens is 432 g/mol. The van der Waals surface area contributed by atoms with Crippen LogP contribution in [0.25, 0.3) is 5.69 Å². The van der Waals surface area contributed by atoms with Gasteiger partial charge in [-0.05, 0) is 50.1 Å². The van der Waals surface area contributed by atoms with Gasteiger partial charge in [-0.1, -0.05) is 29.8 Å². The first-order chi connectivity index (χ1) is 16.5. The summed E-state index contributed by atoms with van der Waals surface area (Å²) >= 11 is 0. The number of hydrogen-bond donors (Lipinski definition) is 1. The molecule has 0 fully saturated rings. The lowest BCUT2D eigenvalue weighted by Gasteiger charge is -2.28. The van der Waals surface area contributed by atoms with Gasteiger partial charge in [-0.25, -0.2) is 14.3 Å². The van der Waals surface area contributed by atoms with Gasteiger partial charge in [0.25, 0.3) is 0 Å². The van der Waals surface area contributed by atoms with Crippen LogP contribution in [0.5, 0.6) is 5.75 Å². The summed E-state index contributed by atoms with van der Waals surface area (Å²) < 4.78 is 12.2. The summed E-state index contributed by atoms with van der Waals surface area (Å²) in [6.45, 7) is 5.43. The van der Waals surface area contributed by atoms with Crippen LogP contribution < -0.4 is 10.1 Å². The fourth-order valence-electron chi connectivity index (χ4n) is 4.07. The molecule has 0 radical (unpaired) electrons. The molecule has 1 N–H and O–H groups in total. The molecule has 0 bridgehead atoms. The van der Waals surface area contributed by atoms with E-state index in [1.165, 1.54) is 0 Å². The van der Waals surface area contributed by atoms with Gasteiger partial charge in [0.2, 0.25) is 0 Å². The maximum atomic E-state index is 12.9. The number of ether oxygens (including phenoxy) is 2. The van der Waals surface area contributed by atoms with E-state index in [9.17, 15) is 9.59 Å². The second kappa shape index (κ2) is 10.4. The zero-order valence-corrected chi connectivity index (χ0v) is 19.8. The maximum Gasteiger partial charge on any atom is 0.359 e. The number of methoxy groups -OCH3 is 1. The van der Waals surface area contributed by atoms with Crippen molar-refractivity contribution in [3.63, 3.8) is 0 Å². The number of esters is 1. The Bertz CT molecular complexity index is 1150. The van der Waals surface area contributed by atoms with Crippen LogP contribution in [0.3, 0.4) is 0 Å². The van der Waals surface area contributed by atoms with Gasteiger partial charge in [-0.3, -0.25) is 0 Å². The van der Waals surface area contributed by atoms with Gasteiger partial charge >= 0.3 is 12.0 Å². The summed E-state index contributed by atoms with van der Waals surface area (Å²) in [5, 5.41) is 7.58. The number of nitrogens with one attached hydrogen (secondary N) is 1. The van der Waals surface area contributed by atoms with E-state index < -0.39 is 5.97 Å². The van der Waals surface area contributed by atoms with E-state index in [4.69, 9.17) is 9.47 Å². The lowest BCUT2D eigenvalue weighted by atomic mass is 10.0. The van der Waals surface area contributed by atoms with Gasteiger partial charge in [0.05, 0.1) is 31.6 Å². The molecule has 8 nitrogen and oxygen atoms in total. The molecule has 34 heavy (non-hydrogen) atoms. The number of carbonyl (C=O) groups is 2. The number of benzene rings is 2. The summed E-state index contributed by atoms with van der Waals surface area (Å²) in [7, 11) is 1.64. The normalized spacial score (nSPS) is 12.7. The van der Waals surface area contributed by atoms with E-state index in [1.807, 2.05) is 55.5 Å². The third-order valence-electron chi connectivity index (χ3n) is 5.94. The minimum Gasteiger partial charge on any atom is -0.497 e. The van der Waals surface area contributed by atoms with Crippen LogP contribution in [0, 0.1) is 6.92 Å². The van der Waals surface area contributed by atoms with Gasteiger partial charge in [-0.2, -0.15) is 5.10 Å². The Morgan fingerprint density at radius 2 is 1.82 bits per heavy atom. The van der Waals surface area contributed by atoms with E-state index in [0.29, 0.717) is 32.5 Å². The molecule has 2 aromatic carbocycles. The summed E-state index contributed by atoms with van der Waals surface area (Å²) in [6.07, 6.45) is 1.32. The number of urea groups is 1. The van der Waals surface area contributed by atoms with E-state index in [0.717, 1.165) is 33.8 Å². The molecule has 0 unspecified atom stereocenters. The predicted molar refractivity (Wildman–Crippen MR) is 128 cm³/mol. The molecule has 0 atom stereocenters. The predicted octanol–water partition coefficient (Wildman–Crippen LogP) is 3.68.